The van der Waals surface area contributed by atoms with Gasteiger partial charge in [-0.15, -0.1) is 0 Å². The lowest BCUT2D eigenvalue weighted by atomic mass is 10.2. The number of hydrogen-bond donors (Lipinski definition) is 2. The second-order valence-electron chi connectivity index (χ2n) is 4.55. The molecule has 0 fully saturated rings. The SMILES string of the molecule is CC(C)c1ncc(N)c(C(=O)N(CCO)CC(F)F)n1. The average Bonchev–Trinajstić information content (AvgIpc) is 2.37. The van der Waals surface area contributed by atoms with Crippen molar-refractivity contribution in [1.29, 1.82) is 0 Å². The Labute approximate surface area is 115 Å². The molecule has 0 spiro atoms. The van der Waals surface area contributed by atoms with Crippen LogP contribution >= 0.6 is 0 Å². The van der Waals surface area contributed by atoms with Crippen molar-refractivity contribution < 1.29 is 18.7 Å². The van der Waals surface area contributed by atoms with E-state index in [-0.39, 0.29) is 23.8 Å². The number of carbonyl (C=O) groups is 1. The number of nitrogens with zero attached hydrogens (tertiary/aromatic N) is 3. The summed E-state index contributed by atoms with van der Waals surface area (Å²) in [6.45, 7) is 2.28. The molecule has 0 saturated heterocycles. The van der Waals surface area contributed by atoms with Crippen molar-refractivity contribution in [2.45, 2.75) is 26.2 Å². The third kappa shape index (κ3) is 4.09. The molecule has 0 bridgehead atoms. The number of amides is 1. The molecule has 1 aromatic rings. The van der Waals surface area contributed by atoms with Crippen LogP contribution in [0.2, 0.25) is 0 Å². The van der Waals surface area contributed by atoms with E-state index in [0.717, 1.165) is 4.90 Å². The van der Waals surface area contributed by atoms with Gasteiger partial charge >= 0.3 is 0 Å². The maximum atomic E-state index is 12.5. The number of nitrogen functional groups attached to an aromatic ring is 1. The predicted molar refractivity (Wildman–Crippen MR) is 69.5 cm³/mol. The van der Waals surface area contributed by atoms with Gasteiger partial charge in [-0.2, -0.15) is 0 Å². The number of nitrogens with two attached hydrogens (primary N) is 1. The number of aliphatic hydroxyl groups excluding tert-OH is 1. The molecule has 0 aliphatic heterocycles. The Kier molecular flexibility index (Phi) is 5.75. The summed E-state index contributed by atoms with van der Waals surface area (Å²) in [6, 6.07) is 0. The number of hydrogen-bond acceptors (Lipinski definition) is 5. The molecule has 1 amide bonds. The normalized spacial score (nSPS) is 11.2. The standard InChI is InChI=1S/C12H18F2N4O2/c1-7(2)11-16-5-8(15)10(17-11)12(20)18(3-4-19)6-9(13)14/h5,7,9,19H,3-4,6,15H2,1-2H3. The number of rotatable bonds is 6. The van der Waals surface area contributed by atoms with E-state index in [9.17, 15) is 13.6 Å². The van der Waals surface area contributed by atoms with Crippen molar-refractivity contribution in [3.8, 4) is 0 Å². The lowest BCUT2D eigenvalue weighted by Gasteiger charge is -2.21. The monoisotopic (exact) mass is 288 g/mol. The van der Waals surface area contributed by atoms with Gasteiger partial charge in [-0.25, -0.2) is 18.7 Å². The van der Waals surface area contributed by atoms with Crippen molar-refractivity contribution in [3.63, 3.8) is 0 Å². The van der Waals surface area contributed by atoms with Crippen LogP contribution in [-0.2, 0) is 0 Å². The minimum absolute atomic E-state index is 0.0245. The zero-order valence-corrected chi connectivity index (χ0v) is 11.4. The van der Waals surface area contributed by atoms with Crippen molar-refractivity contribution >= 4 is 11.6 Å². The van der Waals surface area contributed by atoms with Crippen molar-refractivity contribution in [2.75, 3.05) is 25.4 Å². The lowest BCUT2D eigenvalue weighted by Crippen LogP contribution is -2.38. The highest BCUT2D eigenvalue weighted by Crippen LogP contribution is 2.16. The molecule has 0 aliphatic rings. The summed E-state index contributed by atoms with van der Waals surface area (Å²) in [5.74, 6) is -0.353. The average molecular weight is 288 g/mol. The molecule has 1 aromatic heterocycles. The van der Waals surface area contributed by atoms with Crippen LogP contribution < -0.4 is 5.73 Å². The summed E-state index contributed by atoms with van der Waals surface area (Å²) >= 11 is 0. The summed E-state index contributed by atoms with van der Waals surface area (Å²) in [5, 5.41) is 8.85. The summed E-state index contributed by atoms with van der Waals surface area (Å²) in [4.78, 5) is 21.0. The van der Waals surface area contributed by atoms with Crippen molar-refractivity contribution in [2.24, 2.45) is 0 Å². The van der Waals surface area contributed by atoms with Gasteiger partial charge in [0.2, 0.25) is 0 Å². The summed E-state index contributed by atoms with van der Waals surface area (Å²) in [6.07, 6.45) is -1.41. The lowest BCUT2D eigenvalue weighted by molar-refractivity contribution is 0.0505. The van der Waals surface area contributed by atoms with Crippen LogP contribution in [0.15, 0.2) is 6.20 Å². The van der Waals surface area contributed by atoms with Gasteiger partial charge in [0.05, 0.1) is 25.0 Å². The second-order valence-corrected chi connectivity index (χ2v) is 4.55. The zero-order chi connectivity index (χ0) is 15.3. The van der Waals surface area contributed by atoms with Gasteiger partial charge in [0, 0.05) is 12.5 Å². The molecule has 1 rings (SSSR count). The fraction of sp³-hybridized carbons (Fsp3) is 0.583. The number of anilines is 1. The molecule has 0 aromatic carbocycles. The molecule has 8 heteroatoms. The van der Waals surface area contributed by atoms with Gasteiger partial charge < -0.3 is 15.7 Å². The third-order valence-electron chi connectivity index (χ3n) is 2.57. The van der Waals surface area contributed by atoms with Crippen LogP contribution in [-0.4, -0.2) is 52.0 Å². The van der Waals surface area contributed by atoms with Crippen molar-refractivity contribution in [3.05, 3.63) is 17.7 Å². The smallest absolute Gasteiger partial charge is 0.275 e. The third-order valence-corrected chi connectivity index (χ3v) is 2.57. The number of halogens is 2. The molecule has 0 unspecified atom stereocenters. The molecule has 3 N–H and O–H groups in total. The minimum atomic E-state index is -2.70. The van der Waals surface area contributed by atoms with Gasteiger partial charge in [-0.1, -0.05) is 13.8 Å². The Morgan fingerprint density at radius 1 is 1.50 bits per heavy atom. The van der Waals surface area contributed by atoms with E-state index >= 15 is 0 Å². The first kappa shape index (κ1) is 16.2. The molecule has 0 radical (unpaired) electrons. The van der Waals surface area contributed by atoms with Gasteiger partial charge in [0.15, 0.2) is 5.69 Å². The molecular formula is C12H18F2N4O2. The van der Waals surface area contributed by atoms with Crippen LogP contribution in [0.3, 0.4) is 0 Å². The fourth-order valence-electron chi connectivity index (χ4n) is 1.57. The van der Waals surface area contributed by atoms with E-state index < -0.39 is 25.5 Å². The summed E-state index contributed by atoms with van der Waals surface area (Å²) < 4.78 is 24.9. The first-order valence-electron chi connectivity index (χ1n) is 6.17. The van der Waals surface area contributed by atoms with Crippen LogP contribution in [0.25, 0.3) is 0 Å². The van der Waals surface area contributed by atoms with E-state index in [4.69, 9.17) is 10.8 Å². The van der Waals surface area contributed by atoms with Crippen LogP contribution in [0.1, 0.15) is 36.1 Å². The Hall–Kier alpha value is -1.83. The molecule has 0 atom stereocenters. The molecule has 20 heavy (non-hydrogen) atoms. The van der Waals surface area contributed by atoms with Crippen molar-refractivity contribution in [1.82, 2.24) is 14.9 Å². The molecule has 112 valence electrons. The van der Waals surface area contributed by atoms with Crippen LogP contribution in [0.5, 0.6) is 0 Å². The van der Waals surface area contributed by atoms with Crippen LogP contribution in [0.4, 0.5) is 14.5 Å². The summed E-state index contributed by atoms with van der Waals surface area (Å²) in [5.41, 5.74) is 5.54. The van der Waals surface area contributed by atoms with E-state index in [1.54, 1.807) is 0 Å². The highest BCUT2D eigenvalue weighted by atomic mass is 19.3. The van der Waals surface area contributed by atoms with Crippen LogP contribution in [0, 0.1) is 0 Å². The van der Waals surface area contributed by atoms with E-state index in [1.807, 2.05) is 13.8 Å². The predicted octanol–water partition coefficient (Wildman–Crippen LogP) is 0.882. The zero-order valence-electron chi connectivity index (χ0n) is 11.4. The number of aromatic nitrogens is 2. The largest absolute Gasteiger partial charge is 0.396 e. The minimum Gasteiger partial charge on any atom is -0.396 e. The Bertz CT molecular complexity index is 469. The fourth-order valence-corrected chi connectivity index (χ4v) is 1.57. The van der Waals surface area contributed by atoms with Gasteiger partial charge in [-0.05, 0) is 0 Å². The molecule has 6 nitrogen and oxygen atoms in total. The quantitative estimate of drug-likeness (QED) is 0.810. The van der Waals surface area contributed by atoms with Gasteiger partial charge in [-0.3, -0.25) is 4.79 Å². The highest BCUT2D eigenvalue weighted by molar-refractivity contribution is 5.97. The number of alkyl halides is 2. The second kappa shape index (κ2) is 7.09. The highest BCUT2D eigenvalue weighted by Gasteiger charge is 2.23. The Morgan fingerprint density at radius 2 is 2.15 bits per heavy atom. The Morgan fingerprint density at radius 3 is 2.65 bits per heavy atom. The maximum absolute atomic E-state index is 12.5. The first-order valence-corrected chi connectivity index (χ1v) is 6.17. The Balaban J connectivity index is 3.06. The number of aliphatic hydroxyl groups is 1. The van der Waals surface area contributed by atoms with E-state index in [0.29, 0.717) is 5.82 Å². The maximum Gasteiger partial charge on any atom is 0.275 e. The summed E-state index contributed by atoms with van der Waals surface area (Å²) in [7, 11) is 0. The molecule has 0 aliphatic carbocycles. The molecule has 0 saturated carbocycles. The van der Waals surface area contributed by atoms with E-state index in [2.05, 4.69) is 9.97 Å². The van der Waals surface area contributed by atoms with Gasteiger partial charge in [0.1, 0.15) is 5.82 Å². The topological polar surface area (TPSA) is 92.3 Å². The first-order chi connectivity index (χ1) is 9.36. The molecule has 1 heterocycles. The molecular weight excluding hydrogens is 270 g/mol. The van der Waals surface area contributed by atoms with Gasteiger partial charge in [0.25, 0.3) is 12.3 Å². The van der Waals surface area contributed by atoms with E-state index in [1.165, 1.54) is 6.20 Å². The number of carbonyl (C=O) groups excluding carboxylic acids is 1.